The summed E-state index contributed by atoms with van der Waals surface area (Å²) in [4.78, 5) is 28.1. The third-order valence-electron chi connectivity index (χ3n) is 6.77. The Morgan fingerprint density at radius 2 is 1.71 bits per heavy atom. The Balaban J connectivity index is 1.53. The van der Waals surface area contributed by atoms with E-state index in [9.17, 15) is 9.59 Å². The van der Waals surface area contributed by atoms with E-state index >= 15 is 0 Å². The van der Waals surface area contributed by atoms with Gasteiger partial charge in [-0.15, -0.1) is 0 Å². The summed E-state index contributed by atoms with van der Waals surface area (Å²) < 4.78 is 5.38. The van der Waals surface area contributed by atoms with Crippen LogP contribution in [0, 0.1) is 6.92 Å². The van der Waals surface area contributed by atoms with Crippen molar-refractivity contribution >= 4 is 41.0 Å². The number of halogens is 2. The molecule has 0 unspecified atom stereocenters. The molecule has 0 N–H and O–H groups in total. The Bertz CT molecular complexity index is 1220. The van der Waals surface area contributed by atoms with Crippen molar-refractivity contribution in [3.05, 3.63) is 81.5 Å². The number of nitrogens with zero attached hydrogens (tertiary/aromatic N) is 2. The summed E-state index contributed by atoms with van der Waals surface area (Å²) >= 11 is 12.7. The van der Waals surface area contributed by atoms with E-state index < -0.39 is 5.41 Å². The number of hydrogen-bond donors (Lipinski definition) is 0. The molecule has 0 bridgehead atoms. The van der Waals surface area contributed by atoms with E-state index in [4.69, 9.17) is 27.7 Å². The quantitative estimate of drug-likeness (QED) is 0.324. The van der Waals surface area contributed by atoms with Crippen molar-refractivity contribution in [1.82, 2.24) is 10.1 Å². The predicted octanol–water partition coefficient (Wildman–Crippen LogP) is 6.90. The number of likely N-dealkylation sites (tertiary alicyclic amines) is 1. The van der Waals surface area contributed by atoms with Gasteiger partial charge in [0.25, 0.3) is 0 Å². The lowest BCUT2D eigenvalue weighted by molar-refractivity contribution is -0.132. The third kappa shape index (κ3) is 5.07. The van der Waals surface area contributed by atoms with Gasteiger partial charge in [-0.3, -0.25) is 9.59 Å². The molecular weight excluding hydrogens is 483 g/mol. The van der Waals surface area contributed by atoms with E-state index in [1.165, 1.54) is 6.08 Å². The van der Waals surface area contributed by atoms with Gasteiger partial charge in [-0.1, -0.05) is 71.7 Å². The number of amides is 1. The number of carbonyl (C=O) groups excluding carboxylic acids is 2. The summed E-state index contributed by atoms with van der Waals surface area (Å²) in [6.07, 6.45) is 5.81. The number of aromatic nitrogens is 1. The van der Waals surface area contributed by atoms with Crippen molar-refractivity contribution in [2.75, 3.05) is 13.1 Å². The maximum Gasteiger partial charge on any atom is 0.246 e. The van der Waals surface area contributed by atoms with E-state index in [0.717, 1.165) is 12.0 Å². The molecule has 0 aliphatic carbocycles. The summed E-state index contributed by atoms with van der Waals surface area (Å²) in [7, 11) is 0. The smallest absolute Gasteiger partial charge is 0.246 e. The third-order valence-corrected chi connectivity index (χ3v) is 7.40. The number of piperidine rings is 1. The lowest BCUT2D eigenvalue weighted by atomic mass is 9.68. The Morgan fingerprint density at radius 1 is 1.06 bits per heavy atom. The number of carbonyl (C=O) groups is 2. The van der Waals surface area contributed by atoms with Crippen LogP contribution < -0.4 is 0 Å². The number of ketones is 1. The number of aryl methyl sites for hydroxylation is 1. The van der Waals surface area contributed by atoms with E-state index in [2.05, 4.69) is 5.16 Å². The van der Waals surface area contributed by atoms with Crippen molar-refractivity contribution in [3.63, 3.8) is 0 Å². The Kier molecular flexibility index (Phi) is 7.78. The Labute approximate surface area is 215 Å². The minimum atomic E-state index is -0.531. The van der Waals surface area contributed by atoms with Gasteiger partial charge in [0.1, 0.15) is 17.2 Å². The average molecular weight is 511 g/mol. The minimum Gasteiger partial charge on any atom is -0.360 e. The maximum absolute atomic E-state index is 13.2. The van der Waals surface area contributed by atoms with Crippen LogP contribution in [0.2, 0.25) is 10.0 Å². The van der Waals surface area contributed by atoms with Crippen LogP contribution in [0.1, 0.15) is 49.5 Å². The van der Waals surface area contributed by atoms with Crippen molar-refractivity contribution in [2.45, 2.75) is 44.9 Å². The molecule has 7 heteroatoms. The molecule has 182 valence electrons. The lowest BCUT2D eigenvalue weighted by Gasteiger charge is -2.41. The van der Waals surface area contributed by atoms with Gasteiger partial charge in [-0.2, -0.15) is 0 Å². The Hall–Kier alpha value is -2.89. The summed E-state index contributed by atoms with van der Waals surface area (Å²) in [5.41, 5.74) is 2.23. The first-order valence-electron chi connectivity index (χ1n) is 11.8. The van der Waals surface area contributed by atoms with Gasteiger partial charge in [0.05, 0.1) is 15.5 Å². The number of benzene rings is 2. The van der Waals surface area contributed by atoms with Gasteiger partial charge in [0, 0.05) is 36.7 Å². The van der Waals surface area contributed by atoms with Crippen LogP contribution in [0.3, 0.4) is 0 Å². The van der Waals surface area contributed by atoms with Crippen LogP contribution in [-0.2, 0) is 15.0 Å². The molecule has 35 heavy (non-hydrogen) atoms. The van der Waals surface area contributed by atoms with Gasteiger partial charge >= 0.3 is 0 Å². The molecule has 2 heterocycles. The van der Waals surface area contributed by atoms with Crippen molar-refractivity contribution < 1.29 is 14.1 Å². The fraction of sp³-hybridized carbons (Fsp3) is 0.321. The minimum absolute atomic E-state index is 0.119. The Morgan fingerprint density at radius 3 is 2.34 bits per heavy atom. The number of Topliss-reactive ketones (excluding diaryl/α,β-unsaturated/α-hetero) is 1. The monoisotopic (exact) mass is 510 g/mol. The molecule has 0 spiro atoms. The molecule has 0 saturated carbocycles. The molecule has 0 atom stereocenters. The zero-order valence-electron chi connectivity index (χ0n) is 19.9. The zero-order chi connectivity index (χ0) is 25.0. The first-order chi connectivity index (χ1) is 16.9. The molecule has 1 amide bonds. The van der Waals surface area contributed by atoms with E-state index in [0.29, 0.717) is 65.0 Å². The molecule has 1 aliphatic rings. The molecule has 1 fully saturated rings. The summed E-state index contributed by atoms with van der Waals surface area (Å²) in [6, 6.07) is 15.2. The highest BCUT2D eigenvalue weighted by molar-refractivity contribution is 6.39. The lowest BCUT2D eigenvalue weighted by Crippen LogP contribution is -2.48. The zero-order valence-corrected chi connectivity index (χ0v) is 21.4. The first-order valence-corrected chi connectivity index (χ1v) is 12.6. The molecule has 2 aromatic carbocycles. The van der Waals surface area contributed by atoms with Gasteiger partial charge in [-0.25, -0.2) is 0 Å². The second kappa shape index (κ2) is 10.8. The van der Waals surface area contributed by atoms with E-state index in [1.807, 2.05) is 37.3 Å². The predicted molar refractivity (Wildman–Crippen MR) is 140 cm³/mol. The van der Waals surface area contributed by atoms with Crippen LogP contribution in [-0.4, -0.2) is 34.8 Å². The molecule has 0 radical (unpaired) electrons. The van der Waals surface area contributed by atoms with E-state index in [1.54, 1.807) is 36.1 Å². The average Bonchev–Trinajstić information content (AvgIpc) is 3.23. The van der Waals surface area contributed by atoms with Crippen LogP contribution in [0.5, 0.6) is 0 Å². The van der Waals surface area contributed by atoms with Crippen LogP contribution in [0.4, 0.5) is 0 Å². The summed E-state index contributed by atoms with van der Waals surface area (Å²) in [5, 5.41) is 5.04. The number of hydrogen-bond acceptors (Lipinski definition) is 4. The maximum atomic E-state index is 13.2. The first kappa shape index (κ1) is 25.2. The fourth-order valence-corrected chi connectivity index (χ4v) is 5.38. The molecule has 1 aliphatic heterocycles. The standard InChI is InChI=1S/C28H28Cl2N2O3/c1-3-8-24(33)28(20-9-5-4-6-10-20)15-17-32(18-16-28)25(34)14-13-21-19(2)35-31-27(21)26-22(29)11-7-12-23(26)30/h4-7,9-14H,3,8,15-18H2,1-2H3. The highest BCUT2D eigenvalue weighted by Gasteiger charge is 2.42. The fourth-order valence-electron chi connectivity index (χ4n) is 4.80. The molecule has 1 saturated heterocycles. The van der Waals surface area contributed by atoms with Crippen molar-refractivity contribution in [1.29, 1.82) is 0 Å². The van der Waals surface area contributed by atoms with Crippen LogP contribution in [0.15, 0.2) is 59.1 Å². The van der Waals surface area contributed by atoms with Crippen molar-refractivity contribution in [3.8, 4) is 11.3 Å². The van der Waals surface area contributed by atoms with Gasteiger partial charge in [-0.05, 0) is 50.0 Å². The largest absolute Gasteiger partial charge is 0.360 e. The summed E-state index contributed by atoms with van der Waals surface area (Å²) in [5.74, 6) is 0.702. The van der Waals surface area contributed by atoms with E-state index in [-0.39, 0.29) is 11.7 Å². The summed E-state index contributed by atoms with van der Waals surface area (Å²) in [6.45, 7) is 4.83. The molecular formula is C28H28Cl2N2O3. The number of rotatable bonds is 7. The molecule has 1 aromatic heterocycles. The normalized spacial score (nSPS) is 15.5. The highest BCUT2D eigenvalue weighted by atomic mass is 35.5. The van der Waals surface area contributed by atoms with Crippen molar-refractivity contribution in [2.24, 2.45) is 0 Å². The SMILES string of the molecule is CCCC(=O)C1(c2ccccc2)CCN(C(=O)C=Cc2c(-c3c(Cl)cccc3Cl)noc2C)CC1. The molecule has 3 aromatic rings. The second-order valence-electron chi connectivity index (χ2n) is 8.88. The molecule has 5 nitrogen and oxygen atoms in total. The van der Waals surface area contributed by atoms with Gasteiger partial charge in [0.2, 0.25) is 5.91 Å². The topological polar surface area (TPSA) is 63.4 Å². The second-order valence-corrected chi connectivity index (χ2v) is 9.69. The van der Waals surface area contributed by atoms with Crippen LogP contribution >= 0.6 is 23.2 Å². The molecule has 4 rings (SSSR count). The van der Waals surface area contributed by atoms with Crippen LogP contribution in [0.25, 0.3) is 17.3 Å². The highest BCUT2D eigenvalue weighted by Crippen LogP contribution is 2.39. The van der Waals surface area contributed by atoms with Gasteiger partial charge in [0.15, 0.2) is 0 Å². The van der Waals surface area contributed by atoms with Gasteiger partial charge < -0.3 is 9.42 Å².